The molecule has 1 heterocycles. The van der Waals surface area contributed by atoms with E-state index >= 15 is 0 Å². The van der Waals surface area contributed by atoms with Gasteiger partial charge < -0.3 is 22.8 Å². The highest BCUT2D eigenvalue weighted by Crippen LogP contribution is 2.51. The van der Waals surface area contributed by atoms with Crippen molar-refractivity contribution in [1.29, 1.82) is 0 Å². The number of ether oxygens (including phenoxy) is 2. The van der Waals surface area contributed by atoms with Crippen LogP contribution < -0.4 is 0 Å². The summed E-state index contributed by atoms with van der Waals surface area (Å²) in [6, 6.07) is 0. The molecule has 5 nitrogen and oxygen atoms in total. The minimum atomic E-state index is -2.93. The molecule has 0 aromatic carbocycles. The Morgan fingerprint density at radius 3 is 1.72 bits per heavy atom. The summed E-state index contributed by atoms with van der Waals surface area (Å²) in [5, 5.41) is -0.564. The molecule has 6 heteroatoms. The second-order valence-electron chi connectivity index (χ2n) is 4.68. The minimum absolute atomic E-state index is 0.0925. The van der Waals surface area contributed by atoms with Crippen molar-refractivity contribution < 1.29 is 22.8 Å². The molecule has 0 saturated carbocycles. The second kappa shape index (κ2) is 5.98. The van der Waals surface area contributed by atoms with Crippen LogP contribution in [0, 0.1) is 5.41 Å². The zero-order chi connectivity index (χ0) is 13.9. The summed E-state index contributed by atoms with van der Waals surface area (Å²) >= 11 is 0. The van der Waals surface area contributed by atoms with Crippen LogP contribution in [0.2, 0.25) is 0 Å². The summed E-state index contributed by atoms with van der Waals surface area (Å²) in [6.45, 7) is 5.55. The summed E-state index contributed by atoms with van der Waals surface area (Å²) in [6.07, 6.45) is 1.71. The van der Waals surface area contributed by atoms with E-state index in [0.717, 1.165) is 12.8 Å². The molecule has 1 saturated heterocycles. The molecule has 1 aliphatic rings. The molecule has 1 unspecified atom stereocenters. The van der Waals surface area contributed by atoms with Crippen LogP contribution in [0.4, 0.5) is 0 Å². The van der Waals surface area contributed by atoms with Gasteiger partial charge in [-0.05, 0) is 12.8 Å². The quantitative estimate of drug-likeness (QED) is 0.631. The number of hydrogen-bond acceptors (Lipinski definition) is 5. The molecular weight excluding hydrogens is 252 g/mol. The lowest BCUT2D eigenvalue weighted by Gasteiger charge is -2.57. The maximum absolute atomic E-state index is 5.93. The predicted molar refractivity (Wildman–Crippen MR) is 70.4 cm³/mol. The molecule has 0 amide bonds. The smallest absolute Gasteiger partial charge is 0.380 e. The number of hydrogen-bond donors (Lipinski definition) is 0. The van der Waals surface area contributed by atoms with Crippen molar-refractivity contribution in [1.82, 2.24) is 0 Å². The van der Waals surface area contributed by atoms with Crippen LogP contribution in [0.3, 0.4) is 0 Å². The van der Waals surface area contributed by atoms with Crippen LogP contribution in [0.1, 0.15) is 26.7 Å². The molecule has 108 valence electrons. The van der Waals surface area contributed by atoms with E-state index in [4.69, 9.17) is 22.8 Å². The first kappa shape index (κ1) is 16.1. The van der Waals surface area contributed by atoms with Crippen LogP contribution in [0.25, 0.3) is 0 Å². The van der Waals surface area contributed by atoms with Gasteiger partial charge in [-0.2, -0.15) is 0 Å². The lowest BCUT2D eigenvalue weighted by Crippen LogP contribution is -2.76. The Labute approximate surface area is 111 Å². The van der Waals surface area contributed by atoms with Crippen molar-refractivity contribution in [3.63, 3.8) is 0 Å². The number of rotatable bonds is 8. The zero-order valence-corrected chi connectivity index (χ0v) is 13.4. The van der Waals surface area contributed by atoms with E-state index in [1.54, 1.807) is 28.4 Å². The van der Waals surface area contributed by atoms with Crippen molar-refractivity contribution in [2.75, 3.05) is 41.7 Å². The Balaban J connectivity index is 3.28. The molecule has 1 fully saturated rings. The maximum Gasteiger partial charge on any atom is 0.534 e. The minimum Gasteiger partial charge on any atom is -0.380 e. The van der Waals surface area contributed by atoms with Crippen molar-refractivity contribution in [2.45, 2.75) is 31.9 Å². The van der Waals surface area contributed by atoms with E-state index in [-0.39, 0.29) is 5.41 Å². The van der Waals surface area contributed by atoms with Crippen LogP contribution in [-0.2, 0) is 22.8 Å². The molecule has 0 aliphatic carbocycles. The Morgan fingerprint density at radius 1 is 1.06 bits per heavy atom. The van der Waals surface area contributed by atoms with E-state index in [0.29, 0.717) is 13.2 Å². The summed E-state index contributed by atoms with van der Waals surface area (Å²) in [5.74, 6) is 0. The Morgan fingerprint density at radius 2 is 1.56 bits per heavy atom. The summed E-state index contributed by atoms with van der Waals surface area (Å²) in [5.41, 5.74) is -0.0925. The van der Waals surface area contributed by atoms with Gasteiger partial charge in [0.1, 0.15) is 5.22 Å². The number of methoxy groups -OCH3 is 1. The SMILES string of the molecule is CCC1(C(CC)(OC)[Si](OC)(OC)OC)COC1. The monoisotopic (exact) mass is 278 g/mol. The van der Waals surface area contributed by atoms with Gasteiger partial charge in [0, 0.05) is 28.4 Å². The predicted octanol–water partition coefficient (Wildman–Crippen LogP) is 1.63. The van der Waals surface area contributed by atoms with E-state index < -0.39 is 14.0 Å². The van der Waals surface area contributed by atoms with Gasteiger partial charge >= 0.3 is 8.80 Å². The van der Waals surface area contributed by atoms with Gasteiger partial charge in [0.05, 0.1) is 18.6 Å². The van der Waals surface area contributed by atoms with E-state index in [2.05, 4.69) is 13.8 Å². The van der Waals surface area contributed by atoms with Crippen molar-refractivity contribution in [2.24, 2.45) is 5.41 Å². The Bertz CT molecular complexity index is 245. The molecule has 0 N–H and O–H groups in total. The zero-order valence-electron chi connectivity index (χ0n) is 12.4. The Kier molecular flexibility index (Phi) is 5.34. The van der Waals surface area contributed by atoms with Gasteiger partial charge in [0.25, 0.3) is 0 Å². The standard InChI is InChI=1S/C12H26O5Si/c1-7-11(9-17-10-11)12(8-2,13-3)18(14-4,15-5)16-6/h7-10H2,1-6H3. The molecule has 18 heavy (non-hydrogen) atoms. The third-order valence-electron chi connectivity index (χ3n) is 4.44. The summed E-state index contributed by atoms with van der Waals surface area (Å²) in [7, 11) is 3.67. The van der Waals surface area contributed by atoms with Crippen LogP contribution in [0.5, 0.6) is 0 Å². The third kappa shape index (κ3) is 1.86. The Hall–Kier alpha value is 0.0169. The topological polar surface area (TPSA) is 46.2 Å². The molecule has 0 radical (unpaired) electrons. The molecule has 0 bridgehead atoms. The molecule has 1 aliphatic heterocycles. The summed E-state index contributed by atoms with van der Waals surface area (Å²) in [4.78, 5) is 0. The van der Waals surface area contributed by atoms with Gasteiger partial charge in [-0.3, -0.25) is 0 Å². The average Bonchev–Trinajstić information content (AvgIpc) is 2.38. The average molecular weight is 278 g/mol. The largest absolute Gasteiger partial charge is 0.534 e. The van der Waals surface area contributed by atoms with Crippen LogP contribution in [0.15, 0.2) is 0 Å². The van der Waals surface area contributed by atoms with Gasteiger partial charge in [-0.25, -0.2) is 0 Å². The fourth-order valence-corrected chi connectivity index (χ4v) is 6.36. The normalized spacial score (nSPS) is 22.3. The van der Waals surface area contributed by atoms with E-state index in [1.165, 1.54) is 0 Å². The van der Waals surface area contributed by atoms with Gasteiger partial charge in [0.2, 0.25) is 0 Å². The third-order valence-corrected chi connectivity index (χ3v) is 8.13. The molecule has 0 aromatic heterocycles. The molecular formula is C12H26O5Si. The first-order valence-corrected chi connectivity index (χ1v) is 8.08. The van der Waals surface area contributed by atoms with Gasteiger partial charge in [-0.1, -0.05) is 13.8 Å². The van der Waals surface area contributed by atoms with Crippen molar-refractivity contribution in [3.05, 3.63) is 0 Å². The lowest BCUT2D eigenvalue weighted by molar-refractivity contribution is -0.225. The second-order valence-corrected chi connectivity index (χ2v) is 7.82. The highest BCUT2D eigenvalue weighted by molar-refractivity contribution is 6.64. The summed E-state index contributed by atoms with van der Waals surface area (Å²) < 4.78 is 28.4. The first-order chi connectivity index (χ1) is 8.57. The van der Waals surface area contributed by atoms with Crippen molar-refractivity contribution >= 4 is 8.80 Å². The fraction of sp³-hybridized carbons (Fsp3) is 1.00. The van der Waals surface area contributed by atoms with Crippen molar-refractivity contribution in [3.8, 4) is 0 Å². The molecule has 0 spiro atoms. The molecule has 0 aromatic rings. The van der Waals surface area contributed by atoms with Crippen LogP contribution >= 0.6 is 0 Å². The van der Waals surface area contributed by atoms with E-state index in [1.807, 2.05) is 0 Å². The van der Waals surface area contributed by atoms with Gasteiger partial charge in [0.15, 0.2) is 0 Å². The highest BCUT2D eigenvalue weighted by atomic mass is 28.4. The fourth-order valence-electron chi connectivity index (χ4n) is 3.22. The van der Waals surface area contributed by atoms with Gasteiger partial charge in [-0.15, -0.1) is 0 Å². The lowest BCUT2D eigenvalue weighted by atomic mass is 9.75. The molecule has 1 rings (SSSR count). The highest BCUT2D eigenvalue weighted by Gasteiger charge is 2.71. The van der Waals surface area contributed by atoms with E-state index in [9.17, 15) is 0 Å². The maximum atomic E-state index is 5.93. The van der Waals surface area contributed by atoms with Crippen LogP contribution in [-0.4, -0.2) is 55.7 Å². The molecule has 1 atom stereocenters. The first-order valence-electron chi connectivity index (χ1n) is 6.36.